The molecular formula is C10H13FO2. The van der Waals surface area contributed by atoms with E-state index in [0.29, 0.717) is 17.7 Å². The summed E-state index contributed by atoms with van der Waals surface area (Å²) in [5.41, 5.74) is 0.631. The molecule has 0 aromatic heterocycles. The van der Waals surface area contributed by atoms with E-state index in [1.165, 1.54) is 19.2 Å². The normalized spacial score (nSPS) is 12.6. The standard InChI is InChI=1S/C10H13FO2/c1-3-9(12)8-5-4-7(11)6-10(8)13-2/h4-6,9,12H,3H2,1-2H3/t9-/m1/s1. The van der Waals surface area contributed by atoms with Crippen molar-refractivity contribution in [2.75, 3.05) is 7.11 Å². The Balaban J connectivity index is 3.05. The molecule has 0 bridgehead atoms. The van der Waals surface area contributed by atoms with Crippen molar-refractivity contribution < 1.29 is 14.2 Å². The van der Waals surface area contributed by atoms with Gasteiger partial charge in [0.25, 0.3) is 0 Å². The molecule has 13 heavy (non-hydrogen) atoms. The zero-order valence-electron chi connectivity index (χ0n) is 7.75. The first kappa shape index (κ1) is 9.99. The maximum Gasteiger partial charge on any atom is 0.127 e. The summed E-state index contributed by atoms with van der Waals surface area (Å²) in [6, 6.07) is 4.13. The van der Waals surface area contributed by atoms with Gasteiger partial charge in [-0.15, -0.1) is 0 Å². The molecule has 0 radical (unpaired) electrons. The minimum Gasteiger partial charge on any atom is -0.496 e. The van der Waals surface area contributed by atoms with E-state index in [2.05, 4.69) is 0 Å². The van der Waals surface area contributed by atoms with Crippen molar-refractivity contribution in [1.29, 1.82) is 0 Å². The van der Waals surface area contributed by atoms with Crippen LogP contribution in [0.15, 0.2) is 18.2 Å². The molecule has 0 saturated carbocycles. The Labute approximate surface area is 77.0 Å². The highest BCUT2D eigenvalue weighted by atomic mass is 19.1. The molecule has 3 heteroatoms. The number of ether oxygens (including phenoxy) is 1. The molecule has 0 heterocycles. The Morgan fingerprint density at radius 3 is 2.77 bits per heavy atom. The van der Waals surface area contributed by atoms with E-state index in [4.69, 9.17) is 4.74 Å². The summed E-state index contributed by atoms with van der Waals surface area (Å²) in [6.45, 7) is 1.85. The zero-order chi connectivity index (χ0) is 9.84. The lowest BCUT2D eigenvalue weighted by atomic mass is 10.1. The van der Waals surface area contributed by atoms with Gasteiger partial charge in [0.05, 0.1) is 13.2 Å². The molecule has 0 unspecified atom stereocenters. The van der Waals surface area contributed by atoms with Crippen LogP contribution in [0.1, 0.15) is 25.0 Å². The van der Waals surface area contributed by atoms with Crippen LogP contribution in [0.25, 0.3) is 0 Å². The minimum atomic E-state index is -0.587. The van der Waals surface area contributed by atoms with Crippen LogP contribution in [0.4, 0.5) is 4.39 Å². The van der Waals surface area contributed by atoms with Gasteiger partial charge in [-0.2, -0.15) is 0 Å². The predicted molar refractivity (Wildman–Crippen MR) is 48.2 cm³/mol. The largest absolute Gasteiger partial charge is 0.496 e. The molecule has 0 aliphatic heterocycles. The molecule has 0 aliphatic rings. The third-order valence-electron chi connectivity index (χ3n) is 1.94. The van der Waals surface area contributed by atoms with Gasteiger partial charge in [-0.3, -0.25) is 0 Å². The second-order valence-corrected chi connectivity index (χ2v) is 2.81. The molecule has 0 saturated heterocycles. The average molecular weight is 184 g/mol. The van der Waals surface area contributed by atoms with Crippen LogP contribution in [-0.2, 0) is 0 Å². The first-order valence-electron chi connectivity index (χ1n) is 4.20. The van der Waals surface area contributed by atoms with E-state index in [-0.39, 0.29) is 5.82 Å². The highest BCUT2D eigenvalue weighted by Gasteiger charge is 2.11. The van der Waals surface area contributed by atoms with E-state index < -0.39 is 6.10 Å². The fourth-order valence-corrected chi connectivity index (χ4v) is 1.18. The summed E-state index contributed by atoms with van der Waals surface area (Å²) < 4.78 is 17.7. The van der Waals surface area contributed by atoms with E-state index in [9.17, 15) is 9.50 Å². The third kappa shape index (κ3) is 2.18. The molecule has 0 amide bonds. The van der Waals surface area contributed by atoms with Crippen molar-refractivity contribution in [2.45, 2.75) is 19.4 Å². The van der Waals surface area contributed by atoms with Crippen LogP contribution in [0.3, 0.4) is 0 Å². The number of rotatable bonds is 3. The number of hydrogen-bond acceptors (Lipinski definition) is 2. The summed E-state index contributed by atoms with van der Waals surface area (Å²) in [4.78, 5) is 0. The molecule has 72 valence electrons. The van der Waals surface area contributed by atoms with Gasteiger partial charge in [0.1, 0.15) is 11.6 Å². The van der Waals surface area contributed by atoms with Crippen molar-refractivity contribution in [1.82, 2.24) is 0 Å². The van der Waals surface area contributed by atoms with Crippen LogP contribution in [0.5, 0.6) is 5.75 Å². The van der Waals surface area contributed by atoms with E-state index in [0.717, 1.165) is 0 Å². The molecule has 1 aromatic rings. The van der Waals surface area contributed by atoms with E-state index >= 15 is 0 Å². The van der Waals surface area contributed by atoms with Crippen LogP contribution < -0.4 is 4.74 Å². The smallest absolute Gasteiger partial charge is 0.127 e. The summed E-state index contributed by atoms with van der Waals surface area (Å²) in [5.74, 6) is 0.0400. The number of halogens is 1. The zero-order valence-corrected chi connectivity index (χ0v) is 7.75. The van der Waals surface area contributed by atoms with Crippen LogP contribution >= 0.6 is 0 Å². The van der Waals surface area contributed by atoms with Crippen molar-refractivity contribution in [3.8, 4) is 5.75 Å². The molecular weight excluding hydrogens is 171 g/mol. The lowest BCUT2D eigenvalue weighted by molar-refractivity contribution is 0.169. The third-order valence-corrected chi connectivity index (χ3v) is 1.94. The van der Waals surface area contributed by atoms with Gasteiger partial charge in [0, 0.05) is 11.6 Å². The number of aliphatic hydroxyl groups excluding tert-OH is 1. The summed E-state index contributed by atoms with van der Waals surface area (Å²) in [7, 11) is 1.46. The lowest BCUT2D eigenvalue weighted by Gasteiger charge is -2.12. The van der Waals surface area contributed by atoms with Gasteiger partial charge in [-0.05, 0) is 18.6 Å². The Morgan fingerprint density at radius 1 is 1.54 bits per heavy atom. The molecule has 1 atom stereocenters. The Bertz CT molecular complexity index is 286. The van der Waals surface area contributed by atoms with Crippen molar-refractivity contribution >= 4 is 0 Å². The highest BCUT2D eigenvalue weighted by molar-refractivity contribution is 5.35. The van der Waals surface area contributed by atoms with Gasteiger partial charge in [0.2, 0.25) is 0 Å². The van der Waals surface area contributed by atoms with Gasteiger partial charge < -0.3 is 9.84 Å². The fourth-order valence-electron chi connectivity index (χ4n) is 1.18. The second kappa shape index (κ2) is 4.23. The van der Waals surface area contributed by atoms with Gasteiger partial charge in [-0.25, -0.2) is 4.39 Å². The molecule has 1 N–H and O–H groups in total. The monoisotopic (exact) mass is 184 g/mol. The lowest BCUT2D eigenvalue weighted by Crippen LogP contribution is -1.99. The molecule has 1 rings (SSSR count). The molecule has 0 spiro atoms. The highest BCUT2D eigenvalue weighted by Crippen LogP contribution is 2.27. The minimum absolute atomic E-state index is 0.357. The molecule has 0 aliphatic carbocycles. The van der Waals surface area contributed by atoms with Crippen LogP contribution in [0, 0.1) is 5.82 Å². The van der Waals surface area contributed by atoms with Gasteiger partial charge in [-0.1, -0.05) is 6.92 Å². The first-order valence-corrected chi connectivity index (χ1v) is 4.20. The van der Waals surface area contributed by atoms with Crippen LogP contribution in [-0.4, -0.2) is 12.2 Å². The van der Waals surface area contributed by atoms with Crippen molar-refractivity contribution in [3.05, 3.63) is 29.6 Å². The number of hydrogen-bond donors (Lipinski definition) is 1. The van der Waals surface area contributed by atoms with E-state index in [1.807, 2.05) is 6.92 Å². The Morgan fingerprint density at radius 2 is 2.23 bits per heavy atom. The van der Waals surface area contributed by atoms with Crippen LogP contribution in [0.2, 0.25) is 0 Å². The molecule has 1 aromatic carbocycles. The first-order chi connectivity index (χ1) is 6.19. The second-order valence-electron chi connectivity index (χ2n) is 2.81. The average Bonchev–Trinajstić information content (AvgIpc) is 2.16. The molecule has 0 fully saturated rings. The van der Waals surface area contributed by atoms with Crippen molar-refractivity contribution in [2.24, 2.45) is 0 Å². The quantitative estimate of drug-likeness (QED) is 0.780. The SMILES string of the molecule is CC[C@@H](O)c1ccc(F)cc1OC. The number of benzene rings is 1. The number of methoxy groups -OCH3 is 1. The van der Waals surface area contributed by atoms with Gasteiger partial charge >= 0.3 is 0 Å². The molecule has 2 nitrogen and oxygen atoms in total. The maximum atomic E-state index is 12.7. The Hall–Kier alpha value is -1.09. The van der Waals surface area contributed by atoms with Crippen molar-refractivity contribution in [3.63, 3.8) is 0 Å². The fraction of sp³-hybridized carbons (Fsp3) is 0.400. The Kier molecular flexibility index (Phi) is 3.25. The maximum absolute atomic E-state index is 12.7. The van der Waals surface area contributed by atoms with E-state index in [1.54, 1.807) is 6.07 Å². The summed E-state index contributed by atoms with van der Waals surface area (Å²) in [6.07, 6.45) is -0.00214. The topological polar surface area (TPSA) is 29.5 Å². The van der Waals surface area contributed by atoms with Gasteiger partial charge in [0.15, 0.2) is 0 Å². The number of aliphatic hydroxyl groups is 1. The predicted octanol–water partition coefficient (Wildman–Crippen LogP) is 2.28. The summed E-state index contributed by atoms with van der Waals surface area (Å²) >= 11 is 0. The summed E-state index contributed by atoms with van der Waals surface area (Å²) in [5, 5.41) is 9.53.